The van der Waals surface area contributed by atoms with E-state index in [0.717, 1.165) is 58.9 Å². The fourth-order valence-electron chi connectivity index (χ4n) is 4.85. The topological polar surface area (TPSA) is 103 Å². The summed E-state index contributed by atoms with van der Waals surface area (Å²) in [7, 11) is -3.86. The molecule has 0 spiro atoms. The number of nitrogens with one attached hydrogen (secondary N) is 1. The predicted octanol–water partition coefficient (Wildman–Crippen LogP) is 4.65. The van der Waals surface area contributed by atoms with Gasteiger partial charge in [0.1, 0.15) is 0 Å². The molecule has 6 rings (SSSR count). The Hall–Kier alpha value is -3.76. The summed E-state index contributed by atoms with van der Waals surface area (Å²) < 4.78 is 35.3. The first-order chi connectivity index (χ1) is 17.9. The third-order valence-corrected chi connectivity index (χ3v) is 8.52. The first kappa shape index (κ1) is 23.6. The minimum Gasteiger partial charge on any atom is -0.381 e. The van der Waals surface area contributed by atoms with Gasteiger partial charge in [-0.05, 0) is 81.5 Å². The fraction of sp³-hybridized carbons (Fsp3) is 0.296. The van der Waals surface area contributed by atoms with Crippen LogP contribution in [-0.2, 0) is 21.2 Å². The van der Waals surface area contributed by atoms with Crippen LogP contribution in [0.1, 0.15) is 29.8 Å². The van der Waals surface area contributed by atoms with Gasteiger partial charge in [-0.1, -0.05) is 23.8 Å². The minimum atomic E-state index is -3.86. The number of nitrogens with zero attached hydrogens (tertiary/aromatic N) is 5. The number of aromatic nitrogens is 5. The number of ether oxygens (including phenoxy) is 1. The van der Waals surface area contributed by atoms with E-state index in [1.807, 2.05) is 35.7 Å². The second-order valence-electron chi connectivity index (χ2n) is 9.59. The molecule has 1 saturated heterocycles. The summed E-state index contributed by atoms with van der Waals surface area (Å²) in [5.74, 6) is 1.02. The van der Waals surface area contributed by atoms with Gasteiger partial charge in [0.25, 0.3) is 10.0 Å². The Morgan fingerprint density at radius 2 is 1.78 bits per heavy atom. The van der Waals surface area contributed by atoms with Crippen LogP contribution in [0, 0.1) is 19.8 Å². The van der Waals surface area contributed by atoms with Gasteiger partial charge < -0.3 is 10.1 Å². The van der Waals surface area contributed by atoms with Gasteiger partial charge in [-0.3, -0.25) is 0 Å². The van der Waals surface area contributed by atoms with Crippen molar-refractivity contribution in [1.29, 1.82) is 0 Å². The molecule has 9 nitrogen and oxygen atoms in total. The van der Waals surface area contributed by atoms with Crippen molar-refractivity contribution >= 4 is 38.2 Å². The van der Waals surface area contributed by atoms with E-state index in [1.165, 1.54) is 0 Å². The Morgan fingerprint density at radius 3 is 2.57 bits per heavy atom. The second kappa shape index (κ2) is 9.28. The third-order valence-electron chi connectivity index (χ3n) is 6.91. The largest absolute Gasteiger partial charge is 0.381 e. The van der Waals surface area contributed by atoms with Crippen LogP contribution in [-0.4, -0.2) is 45.4 Å². The molecule has 4 heterocycles. The summed E-state index contributed by atoms with van der Waals surface area (Å²) in [6, 6.07) is 18.3. The minimum absolute atomic E-state index is 0.194. The SMILES string of the molecule is Cc1ccc(S(=O)(=O)n2nc(C)c3ccc(Nc4nc5cccc(CC6CCOCC6)n5n4)cc32)cc1. The summed E-state index contributed by atoms with van der Waals surface area (Å²) in [5, 5.41) is 13.1. The number of hydrogen-bond acceptors (Lipinski definition) is 7. The Kier molecular flexibility index (Phi) is 5.92. The van der Waals surface area contributed by atoms with Crippen LogP contribution in [0.3, 0.4) is 0 Å². The molecule has 0 radical (unpaired) electrons. The van der Waals surface area contributed by atoms with E-state index in [2.05, 4.69) is 21.5 Å². The highest BCUT2D eigenvalue weighted by molar-refractivity contribution is 7.90. The lowest BCUT2D eigenvalue weighted by Gasteiger charge is -2.21. The number of anilines is 2. The van der Waals surface area contributed by atoms with E-state index >= 15 is 0 Å². The molecule has 37 heavy (non-hydrogen) atoms. The van der Waals surface area contributed by atoms with Crippen molar-refractivity contribution in [2.24, 2.45) is 5.92 Å². The molecule has 1 aliphatic heterocycles. The number of pyridine rings is 1. The third kappa shape index (κ3) is 4.47. The zero-order valence-electron chi connectivity index (χ0n) is 20.8. The van der Waals surface area contributed by atoms with Crippen molar-refractivity contribution in [3.8, 4) is 0 Å². The molecule has 0 aliphatic carbocycles. The monoisotopic (exact) mass is 516 g/mol. The Morgan fingerprint density at radius 1 is 1.00 bits per heavy atom. The fourth-order valence-corrected chi connectivity index (χ4v) is 6.17. The summed E-state index contributed by atoms with van der Waals surface area (Å²) in [5.41, 5.74) is 4.67. The number of aryl methyl sites for hydroxylation is 2. The summed E-state index contributed by atoms with van der Waals surface area (Å²) in [6.07, 6.45) is 3.02. The highest BCUT2D eigenvalue weighted by atomic mass is 32.2. The van der Waals surface area contributed by atoms with Gasteiger partial charge in [0.05, 0.1) is 16.1 Å². The van der Waals surface area contributed by atoms with Crippen LogP contribution in [0.5, 0.6) is 0 Å². The molecule has 0 saturated carbocycles. The lowest BCUT2D eigenvalue weighted by molar-refractivity contribution is 0.0661. The molecule has 190 valence electrons. The van der Waals surface area contributed by atoms with E-state index < -0.39 is 10.0 Å². The maximum Gasteiger partial charge on any atom is 0.283 e. The van der Waals surface area contributed by atoms with Crippen LogP contribution in [0.2, 0.25) is 0 Å². The quantitative estimate of drug-likeness (QED) is 0.350. The normalized spacial score (nSPS) is 15.0. The van der Waals surface area contributed by atoms with E-state index in [1.54, 1.807) is 37.3 Å². The van der Waals surface area contributed by atoms with Gasteiger partial charge in [-0.15, -0.1) is 5.10 Å². The van der Waals surface area contributed by atoms with E-state index in [4.69, 9.17) is 9.84 Å². The molecule has 0 atom stereocenters. The Balaban J connectivity index is 1.33. The van der Waals surface area contributed by atoms with Crippen molar-refractivity contribution in [3.05, 3.63) is 77.6 Å². The van der Waals surface area contributed by atoms with Crippen molar-refractivity contribution in [1.82, 2.24) is 23.8 Å². The first-order valence-electron chi connectivity index (χ1n) is 12.4. The predicted molar refractivity (Wildman–Crippen MR) is 142 cm³/mol. The van der Waals surface area contributed by atoms with Crippen molar-refractivity contribution in [3.63, 3.8) is 0 Å². The lowest BCUT2D eigenvalue weighted by atomic mass is 9.95. The molecule has 3 aromatic heterocycles. The molecular weight excluding hydrogens is 488 g/mol. The molecule has 0 amide bonds. The molecule has 0 bridgehead atoms. The van der Waals surface area contributed by atoms with Crippen LogP contribution in [0.15, 0.2) is 65.6 Å². The van der Waals surface area contributed by atoms with Gasteiger partial charge in [0.2, 0.25) is 5.95 Å². The second-order valence-corrected chi connectivity index (χ2v) is 11.4. The number of benzene rings is 2. The van der Waals surface area contributed by atoms with Gasteiger partial charge in [-0.2, -0.15) is 22.6 Å². The van der Waals surface area contributed by atoms with E-state index in [9.17, 15) is 8.42 Å². The van der Waals surface area contributed by atoms with Crippen LogP contribution in [0.4, 0.5) is 11.6 Å². The number of hydrogen-bond donors (Lipinski definition) is 1. The van der Waals surface area contributed by atoms with Crippen LogP contribution < -0.4 is 5.32 Å². The van der Waals surface area contributed by atoms with Crippen molar-refractivity contribution in [2.75, 3.05) is 18.5 Å². The Bertz CT molecular complexity index is 1700. The van der Waals surface area contributed by atoms with Gasteiger partial charge in [0, 0.05) is 30.0 Å². The van der Waals surface area contributed by atoms with Gasteiger partial charge in [0.15, 0.2) is 5.65 Å². The number of rotatable bonds is 6. The first-order valence-corrected chi connectivity index (χ1v) is 13.8. The summed E-state index contributed by atoms with van der Waals surface area (Å²) >= 11 is 0. The highest BCUT2D eigenvalue weighted by Gasteiger charge is 2.22. The molecular formula is C27H28N6O3S. The molecule has 1 aliphatic rings. The average molecular weight is 517 g/mol. The van der Waals surface area contributed by atoms with Gasteiger partial charge in [-0.25, -0.2) is 4.52 Å². The maximum atomic E-state index is 13.4. The molecule has 5 aromatic rings. The Labute approximate surface area is 215 Å². The van der Waals surface area contributed by atoms with Crippen molar-refractivity contribution in [2.45, 2.75) is 38.0 Å². The zero-order chi connectivity index (χ0) is 25.6. The maximum absolute atomic E-state index is 13.4. The summed E-state index contributed by atoms with van der Waals surface area (Å²) in [6.45, 7) is 5.34. The molecule has 2 aromatic carbocycles. The molecule has 10 heteroatoms. The van der Waals surface area contributed by atoms with E-state index in [0.29, 0.717) is 28.8 Å². The lowest BCUT2D eigenvalue weighted by Crippen LogP contribution is -2.18. The molecule has 1 N–H and O–H groups in total. The molecule has 0 unspecified atom stereocenters. The molecule has 1 fully saturated rings. The van der Waals surface area contributed by atoms with E-state index in [-0.39, 0.29) is 4.90 Å². The summed E-state index contributed by atoms with van der Waals surface area (Å²) in [4.78, 5) is 4.84. The highest BCUT2D eigenvalue weighted by Crippen LogP contribution is 2.28. The number of fused-ring (bicyclic) bond motifs is 2. The smallest absolute Gasteiger partial charge is 0.283 e. The van der Waals surface area contributed by atoms with Crippen LogP contribution >= 0.6 is 0 Å². The van der Waals surface area contributed by atoms with Gasteiger partial charge >= 0.3 is 0 Å². The standard InChI is InChI=1S/C27H28N6O3S/c1-18-6-9-23(10-7-18)37(34,35)33-25-17-21(8-11-24(25)19(2)30-33)28-27-29-26-5-3-4-22(32(26)31-27)16-20-12-14-36-15-13-20/h3-11,17,20H,12-16H2,1-2H3,(H,28,31). The van der Waals surface area contributed by atoms with Crippen LogP contribution in [0.25, 0.3) is 16.6 Å². The zero-order valence-corrected chi connectivity index (χ0v) is 21.6. The van der Waals surface area contributed by atoms with Crippen molar-refractivity contribution < 1.29 is 13.2 Å². The average Bonchev–Trinajstić information content (AvgIpc) is 3.46.